The van der Waals surface area contributed by atoms with Crippen LogP contribution in [0.3, 0.4) is 0 Å². The van der Waals surface area contributed by atoms with E-state index in [4.69, 9.17) is 0 Å². The summed E-state index contributed by atoms with van der Waals surface area (Å²) in [5, 5.41) is 12.4. The van der Waals surface area contributed by atoms with Gasteiger partial charge in [-0.3, -0.25) is 9.59 Å². The molecule has 25 heavy (non-hydrogen) atoms. The maximum atomic E-state index is 12.7. The first-order chi connectivity index (χ1) is 11.9. The number of amides is 2. The second-order valence-corrected chi connectivity index (χ2v) is 7.84. The highest BCUT2D eigenvalue weighted by atomic mass is 16.4. The Morgan fingerprint density at radius 1 is 1.28 bits per heavy atom. The molecule has 2 heterocycles. The first-order valence-corrected chi connectivity index (χ1v) is 9.45. The van der Waals surface area contributed by atoms with Gasteiger partial charge in [0.1, 0.15) is 11.6 Å². The number of carbonyl (C=O) groups excluding carboxylic acids is 2. The molecule has 4 atom stereocenters. The predicted octanol–water partition coefficient (Wildman–Crippen LogP) is 2.09. The van der Waals surface area contributed by atoms with Crippen LogP contribution in [0, 0.1) is 11.8 Å². The zero-order valence-electron chi connectivity index (χ0n) is 14.9. The summed E-state index contributed by atoms with van der Waals surface area (Å²) >= 11 is 0. The van der Waals surface area contributed by atoms with Crippen molar-refractivity contribution in [2.24, 2.45) is 11.8 Å². The van der Waals surface area contributed by atoms with Crippen molar-refractivity contribution < 1.29 is 19.5 Å². The van der Waals surface area contributed by atoms with Gasteiger partial charge in [-0.2, -0.15) is 0 Å². The SMILES string of the molecule is CC1CCCCC=CC2CC2(C(=O)O)NC(=O)C2CCCN2C(=O)C1. The minimum Gasteiger partial charge on any atom is -0.479 e. The fraction of sp³-hybridized carbons (Fsp3) is 0.737. The van der Waals surface area contributed by atoms with Crippen molar-refractivity contribution >= 4 is 17.8 Å². The molecule has 1 aliphatic carbocycles. The van der Waals surface area contributed by atoms with Crippen LogP contribution in [0.4, 0.5) is 0 Å². The molecule has 1 saturated heterocycles. The highest BCUT2D eigenvalue weighted by Crippen LogP contribution is 2.45. The summed E-state index contributed by atoms with van der Waals surface area (Å²) in [6.45, 7) is 2.68. The average molecular weight is 348 g/mol. The third-order valence-electron chi connectivity index (χ3n) is 5.83. The summed E-state index contributed by atoms with van der Waals surface area (Å²) in [6, 6.07) is -0.522. The zero-order chi connectivity index (χ0) is 18.0. The Hall–Kier alpha value is -1.85. The number of carbonyl (C=O) groups is 3. The monoisotopic (exact) mass is 348 g/mol. The summed E-state index contributed by atoms with van der Waals surface area (Å²) in [5.74, 6) is -1.11. The number of allylic oxidation sites excluding steroid dienone is 1. The minimum atomic E-state index is -1.18. The molecule has 138 valence electrons. The van der Waals surface area contributed by atoms with Crippen molar-refractivity contribution in [3.63, 3.8) is 0 Å². The van der Waals surface area contributed by atoms with Gasteiger partial charge >= 0.3 is 5.97 Å². The van der Waals surface area contributed by atoms with Crippen LogP contribution in [-0.4, -0.2) is 45.9 Å². The van der Waals surface area contributed by atoms with Crippen LogP contribution < -0.4 is 5.32 Å². The summed E-state index contributed by atoms with van der Waals surface area (Å²) in [7, 11) is 0. The summed E-state index contributed by atoms with van der Waals surface area (Å²) in [6.07, 6.45) is 10.3. The molecule has 0 spiro atoms. The Bertz CT molecular complexity index is 588. The Morgan fingerprint density at radius 3 is 2.84 bits per heavy atom. The topological polar surface area (TPSA) is 86.7 Å². The maximum absolute atomic E-state index is 12.7. The quantitative estimate of drug-likeness (QED) is 0.711. The van der Waals surface area contributed by atoms with Crippen LogP contribution in [0.25, 0.3) is 0 Å². The second-order valence-electron chi connectivity index (χ2n) is 7.84. The number of aliphatic carboxylic acids is 1. The molecular formula is C19H28N2O4. The molecule has 2 amide bonds. The summed E-state index contributed by atoms with van der Waals surface area (Å²) in [4.78, 5) is 38.7. The molecule has 4 unspecified atom stereocenters. The van der Waals surface area contributed by atoms with Crippen molar-refractivity contribution in [3.8, 4) is 0 Å². The third-order valence-corrected chi connectivity index (χ3v) is 5.83. The number of rotatable bonds is 1. The van der Waals surface area contributed by atoms with Gasteiger partial charge in [-0.05, 0) is 38.0 Å². The van der Waals surface area contributed by atoms with Crippen molar-refractivity contribution in [2.45, 2.75) is 69.9 Å². The summed E-state index contributed by atoms with van der Waals surface area (Å²) < 4.78 is 0. The van der Waals surface area contributed by atoms with Gasteiger partial charge in [0.2, 0.25) is 11.8 Å². The molecule has 0 aromatic carbocycles. The number of nitrogens with zero attached hydrogens (tertiary/aromatic N) is 1. The molecule has 0 bridgehead atoms. The van der Waals surface area contributed by atoms with Gasteiger partial charge in [0, 0.05) is 18.9 Å². The first kappa shape index (κ1) is 18.0. The number of carboxylic acid groups (broad SMARTS) is 1. The van der Waals surface area contributed by atoms with E-state index >= 15 is 0 Å². The number of hydrogen-bond acceptors (Lipinski definition) is 3. The molecule has 3 rings (SSSR count). The molecule has 0 radical (unpaired) electrons. The molecule has 0 aromatic heterocycles. The number of fused-ring (bicyclic) bond motifs is 2. The molecule has 0 aromatic rings. The lowest BCUT2D eigenvalue weighted by molar-refractivity contribution is -0.145. The smallest absolute Gasteiger partial charge is 0.330 e. The fourth-order valence-electron chi connectivity index (χ4n) is 4.14. The van der Waals surface area contributed by atoms with Crippen LogP contribution in [0.5, 0.6) is 0 Å². The number of hydrogen-bond donors (Lipinski definition) is 2. The van der Waals surface area contributed by atoms with E-state index in [2.05, 4.69) is 12.2 Å². The first-order valence-electron chi connectivity index (χ1n) is 9.45. The van der Waals surface area contributed by atoms with E-state index in [1.807, 2.05) is 12.2 Å². The van der Waals surface area contributed by atoms with E-state index in [-0.39, 0.29) is 17.7 Å². The molecule has 2 fully saturated rings. The van der Waals surface area contributed by atoms with Crippen LogP contribution >= 0.6 is 0 Å². The third kappa shape index (κ3) is 3.72. The predicted molar refractivity (Wildman–Crippen MR) is 92.7 cm³/mol. The van der Waals surface area contributed by atoms with Crippen LogP contribution in [0.15, 0.2) is 12.2 Å². The van der Waals surface area contributed by atoms with Gasteiger partial charge in [0.05, 0.1) is 0 Å². The van der Waals surface area contributed by atoms with E-state index in [1.165, 1.54) is 0 Å². The number of nitrogens with one attached hydrogen (secondary N) is 1. The van der Waals surface area contributed by atoms with Gasteiger partial charge in [-0.1, -0.05) is 31.9 Å². The van der Waals surface area contributed by atoms with Gasteiger partial charge in [0.15, 0.2) is 0 Å². The Balaban J connectivity index is 1.79. The van der Waals surface area contributed by atoms with Crippen LogP contribution in [0.2, 0.25) is 0 Å². The lowest BCUT2D eigenvalue weighted by atomic mass is 9.99. The van der Waals surface area contributed by atoms with Gasteiger partial charge in [-0.15, -0.1) is 0 Å². The molecule has 2 N–H and O–H groups in total. The highest BCUT2D eigenvalue weighted by molar-refractivity contribution is 5.94. The van der Waals surface area contributed by atoms with Crippen LogP contribution in [-0.2, 0) is 14.4 Å². The second kappa shape index (κ2) is 7.18. The van der Waals surface area contributed by atoms with E-state index in [0.717, 1.165) is 32.1 Å². The van der Waals surface area contributed by atoms with Gasteiger partial charge in [-0.25, -0.2) is 4.79 Å². The van der Waals surface area contributed by atoms with Crippen molar-refractivity contribution in [2.75, 3.05) is 6.54 Å². The Labute approximate surface area is 148 Å². The molecule has 3 aliphatic rings. The van der Waals surface area contributed by atoms with Crippen molar-refractivity contribution in [1.29, 1.82) is 0 Å². The molecular weight excluding hydrogens is 320 g/mol. The molecule has 6 heteroatoms. The zero-order valence-corrected chi connectivity index (χ0v) is 14.9. The lowest BCUT2D eigenvalue weighted by Crippen LogP contribution is -2.53. The molecule has 1 saturated carbocycles. The van der Waals surface area contributed by atoms with Gasteiger partial charge < -0.3 is 15.3 Å². The average Bonchev–Trinajstić information content (AvgIpc) is 3.03. The molecule has 2 aliphatic heterocycles. The Morgan fingerprint density at radius 2 is 2.08 bits per heavy atom. The maximum Gasteiger partial charge on any atom is 0.330 e. The van der Waals surface area contributed by atoms with E-state index in [0.29, 0.717) is 31.7 Å². The fourth-order valence-corrected chi connectivity index (χ4v) is 4.14. The van der Waals surface area contributed by atoms with Gasteiger partial charge in [0.25, 0.3) is 0 Å². The van der Waals surface area contributed by atoms with Crippen LogP contribution in [0.1, 0.15) is 58.3 Å². The summed E-state index contributed by atoms with van der Waals surface area (Å²) in [5.41, 5.74) is -1.18. The van der Waals surface area contributed by atoms with Crippen molar-refractivity contribution in [3.05, 3.63) is 12.2 Å². The Kier molecular flexibility index (Phi) is 5.16. The molecule has 6 nitrogen and oxygen atoms in total. The normalized spacial score (nSPS) is 36.7. The lowest BCUT2D eigenvalue weighted by Gasteiger charge is -2.27. The number of carboxylic acids is 1. The van der Waals surface area contributed by atoms with Crippen molar-refractivity contribution in [1.82, 2.24) is 10.2 Å². The standard InChI is InChI=1S/C19H28N2O4/c1-13-7-4-2-3-5-8-14-12-19(14,18(24)25)20-17(23)15-9-6-10-21(15)16(22)11-13/h5,8,13-15H,2-4,6-7,9-12H2,1H3,(H,20,23)(H,24,25). The minimum absolute atomic E-state index is 0.0230. The van der Waals surface area contributed by atoms with E-state index in [9.17, 15) is 19.5 Å². The highest BCUT2D eigenvalue weighted by Gasteiger charge is 2.61. The van der Waals surface area contributed by atoms with E-state index in [1.54, 1.807) is 4.90 Å². The largest absolute Gasteiger partial charge is 0.479 e. The van der Waals surface area contributed by atoms with E-state index < -0.39 is 17.6 Å².